The van der Waals surface area contributed by atoms with E-state index >= 15 is 0 Å². The molecule has 0 aliphatic heterocycles. The van der Waals surface area contributed by atoms with Crippen LogP contribution < -0.4 is 5.19 Å². The first-order chi connectivity index (χ1) is 7.93. The second-order valence-electron chi connectivity index (χ2n) is 5.42. The summed E-state index contributed by atoms with van der Waals surface area (Å²) in [6.45, 7) is 6.51. The van der Waals surface area contributed by atoms with Crippen LogP contribution in [0.2, 0.25) is 0 Å². The molecule has 0 aromatic heterocycles. The average molecular weight is 246 g/mol. The number of hydrogen-bond acceptors (Lipinski definition) is 2. The van der Waals surface area contributed by atoms with Crippen molar-refractivity contribution in [2.75, 3.05) is 0 Å². The van der Waals surface area contributed by atoms with Gasteiger partial charge in [-0.2, -0.15) is 0 Å². The minimum atomic E-state index is -1.31. The van der Waals surface area contributed by atoms with E-state index in [4.69, 9.17) is 0 Å². The van der Waals surface area contributed by atoms with Crippen LogP contribution in [-0.4, -0.2) is 19.7 Å². The molecule has 3 heteroatoms. The number of aromatic hydroxyl groups is 1. The van der Waals surface area contributed by atoms with Crippen LogP contribution in [0.15, 0.2) is 30.3 Å². The monoisotopic (exact) mass is 246 g/mol. The quantitative estimate of drug-likeness (QED) is 0.749. The SMILES string of the molecule is CC(C)(C)c1ccc2c(O)c([SiH2]O)ccc2c1. The van der Waals surface area contributed by atoms with Gasteiger partial charge < -0.3 is 9.90 Å². The van der Waals surface area contributed by atoms with Gasteiger partial charge in [0.2, 0.25) is 0 Å². The molecule has 90 valence electrons. The second kappa shape index (κ2) is 4.16. The summed E-state index contributed by atoms with van der Waals surface area (Å²) >= 11 is 0. The summed E-state index contributed by atoms with van der Waals surface area (Å²) in [7, 11) is -1.31. The molecule has 2 aromatic rings. The molecule has 0 fully saturated rings. The molecule has 0 saturated carbocycles. The van der Waals surface area contributed by atoms with E-state index in [0.29, 0.717) is 5.19 Å². The van der Waals surface area contributed by atoms with Gasteiger partial charge in [-0.05, 0) is 16.4 Å². The highest BCUT2D eigenvalue weighted by atomic mass is 28.2. The summed E-state index contributed by atoms with van der Waals surface area (Å²) in [5, 5.41) is 12.6. The van der Waals surface area contributed by atoms with Gasteiger partial charge in [0, 0.05) is 10.6 Å². The standard InChI is InChI=1S/C14H18O2Si/c1-14(2,3)10-5-6-11-9(8-10)4-7-12(17-16)13(11)15/h4-8,15-16H,17H2,1-3H3. The molecule has 0 bridgehead atoms. The molecule has 0 atom stereocenters. The van der Waals surface area contributed by atoms with Crippen molar-refractivity contribution in [3.63, 3.8) is 0 Å². The lowest BCUT2D eigenvalue weighted by Gasteiger charge is -2.19. The highest BCUT2D eigenvalue weighted by Crippen LogP contribution is 2.29. The van der Waals surface area contributed by atoms with Crippen molar-refractivity contribution in [1.82, 2.24) is 0 Å². The Kier molecular flexibility index (Phi) is 2.97. The van der Waals surface area contributed by atoms with Crippen molar-refractivity contribution in [2.45, 2.75) is 26.2 Å². The summed E-state index contributed by atoms with van der Waals surface area (Å²) < 4.78 is 0. The number of benzene rings is 2. The van der Waals surface area contributed by atoms with Crippen LogP contribution in [0.5, 0.6) is 5.75 Å². The van der Waals surface area contributed by atoms with E-state index in [9.17, 15) is 9.90 Å². The molecule has 0 aliphatic carbocycles. The fourth-order valence-electron chi connectivity index (χ4n) is 1.95. The van der Waals surface area contributed by atoms with Crippen molar-refractivity contribution in [3.05, 3.63) is 35.9 Å². The smallest absolute Gasteiger partial charge is 0.191 e. The maximum atomic E-state index is 10.0. The Bertz CT molecular complexity index is 556. The first-order valence-electron chi connectivity index (χ1n) is 5.79. The molecule has 0 amide bonds. The largest absolute Gasteiger partial charge is 0.507 e. The van der Waals surface area contributed by atoms with Crippen LogP contribution in [0.4, 0.5) is 0 Å². The molecule has 0 spiro atoms. The maximum Gasteiger partial charge on any atom is 0.191 e. The third-order valence-corrected chi connectivity index (χ3v) is 4.02. The van der Waals surface area contributed by atoms with Crippen LogP contribution in [-0.2, 0) is 5.41 Å². The van der Waals surface area contributed by atoms with Gasteiger partial charge in [0.25, 0.3) is 0 Å². The first-order valence-corrected chi connectivity index (χ1v) is 7.13. The minimum absolute atomic E-state index is 0.105. The fourth-order valence-corrected chi connectivity index (χ4v) is 2.52. The molecule has 0 aliphatic rings. The van der Waals surface area contributed by atoms with Gasteiger partial charge >= 0.3 is 0 Å². The Balaban J connectivity index is 2.66. The van der Waals surface area contributed by atoms with Gasteiger partial charge in [0.15, 0.2) is 9.76 Å². The molecule has 2 N–H and O–H groups in total. The predicted molar refractivity (Wildman–Crippen MR) is 74.7 cm³/mol. The molecule has 2 nitrogen and oxygen atoms in total. The first kappa shape index (κ1) is 12.1. The maximum absolute atomic E-state index is 10.0. The topological polar surface area (TPSA) is 40.5 Å². The van der Waals surface area contributed by atoms with Crippen LogP contribution >= 0.6 is 0 Å². The fraction of sp³-hybridized carbons (Fsp3) is 0.286. The van der Waals surface area contributed by atoms with E-state index in [1.807, 2.05) is 24.3 Å². The Labute approximate surface area is 104 Å². The van der Waals surface area contributed by atoms with E-state index < -0.39 is 9.76 Å². The summed E-state index contributed by atoms with van der Waals surface area (Å²) in [4.78, 5) is 9.24. The number of hydrogen-bond donors (Lipinski definition) is 2. The molecule has 0 heterocycles. The van der Waals surface area contributed by atoms with Gasteiger partial charge in [-0.15, -0.1) is 0 Å². The van der Waals surface area contributed by atoms with Gasteiger partial charge in [-0.1, -0.05) is 51.1 Å². The average Bonchev–Trinajstić information content (AvgIpc) is 2.28. The van der Waals surface area contributed by atoms with Crippen molar-refractivity contribution < 1.29 is 9.90 Å². The molecule has 0 saturated heterocycles. The van der Waals surface area contributed by atoms with Crippen LogP contribution in [0.3, 0.4) is 0 Å². The van der Waals surface area contributed by atoms with E-state index in [0.717, 1.165) is 10.8 Å². The molecule has 2 rings (SSSR count). The molecular formula is C14H18O2Si. The van der Waals surface area contributed by atoms with Gasteiger partial charge in [-0.25, -0.2) is 0 Å². The van der Waals surface area contributed by atoms with Gasteiger partial charge in [0.05, 0.1) is 0 Å². The van der Waals surface area contributed by atoms with E-state index in [-0.39, 0.29) is 11.2 Å². The van der Waals surface area contributed by atoms with Crippen molar-refractivity contribution in [3.8, 4) is 5.75 Å². The lowest BCUT2D eigenvalue weighted by Crippen LogP contribution is -2.14. The lowest BCUT2D eigenvalue weighted by atomic mass is 9.86. The molecule has 0 unspecified atom stereocenters. The summed E-state index contributed by atoms with van der Waals surface area (Å²) in [5.74, 6) is 0.247. The zero-order valence-electron chi connectivity index (χ0n) is 10.5. The number of rotatable bonds is 1. The molecule has 2 aromatic carbocycles. The van der Waals surface area contributed by atoms with E-state index in [2.05, 4.69) is 26.8 Å². The second-order valence-corrected chi connectivity index (χ2v) is 6.50. The summed E-state index contributed by atoms with van der Waals surface area (Å²) in [6.07, 6.45) is 0. The number of fused-ring (bicyclic) bond motifs is 1. The Morgan fingerprint density at radius 3 is 2.35 bits per heavy atom. The normalized spacial score (nSPS) is 12.7. The van der Waals surface area contributed by atoms with Crippen molar-refractivity contribution in [1.29, 1.82) is 0 Å². The zero-order chi connectivity index (χ0) is 12.6. The summed E-state index contributed by atoms with van der Waals surface area (Å²) in [5.41, 5.74) is 1.35. The van der Waals surface area contributed by atoms with Crippen molar-refractivity contribution in [2.24, 2.45) is 0 Å². The number of phenols is 1. The van der Waals surface area contributed by atoms with E-state index in [1.165, 1.54) is 5.56 Å². The Morgan fingerprint density at radius 1 is 1.06 bits per heavy atom. The van der Waals surface area contributed by atoms with Crippen molar-refractivity contribution >= 4 is 25.7 Å². The Hall–Kier alpha value is -1.32. The van der Waals surface area contributed by atoms with Crippen LogP contribution in [0.25, 0.3) is 10.8 Å². The molecule has 17 heavy (non-hydrogen) atoms. The van der Waals surface area contributed by atoms with Gasteiger partial charge in [0.1, 0.15) is 5.75 Å². The van der Waals surface area contributed by atoms with Crippen LogP contribution in [0.1, 0.15) is 26.3 Å². The lowest BCUT2D eigenvalue weighted by molar-refractivity contribution is 0.484. The Morgan fingerprint density at radius 2 is 1.76 bits per heavy atom. The third-order valence-electron chi connectivity index (χ3n) is 3.11. The van der Waals surface area contributed by atoms with Gasteiger partial charge in [-0.3, -0.25) is 0 Å². The molecule has 0 radical (unpaired) electrons. The van der Waals surface area contributed by atoms with Crippen LogP contribution in [0, 0.1) is 0 Å². The number of phenolic OH excluding ortho intramolecular Hbond substituents is 1. The van der Waals surface area contributed by atoms with E-state index in [1.54, 1.807) is 0 Å². The summed E-state index contributed by atoms with van der Waals surface area (Å²) in [6, 6.07) is 9.90. The highest BCUT2D eigenvalue weighted by Gasteiger charge is 2.15. The third kappa shape index (κ3) is 2.21. The molecular weight excluding hydrogens is 228 g/mol. The highest BCUT2D eigenvalue weighted by molar-refractivity contribution is 6.47. The minimum Gasteiger partial charge on any atom is -0.507 e. The zero-order valence-corrected chi connectivity index (χ0v) is 11.9. The predicted octanol–water partition coefficient (Wildman–Crippen LogP) is 1.54.